The molecule has 5 heteroatoms. The minimum atomic E-state index is -3.35. The lowest BCUT2D eigenvalue weighted by molar-refractivity contribution is 0.507. The Kier molecular flexibility index (Phi) is 4.54. The van der Waals surface area contributed by atoms with Crippen LogP contribution in [0.5, 0.6) is 0 Å². The summed E-state index contributed by atoms with van der Waals surface area (Å²) in [5, 5.41) is 0. The molecule has 0 amide bonds. The summed E-state index contributed by atoms with van der Waals surface area (Å²) in [5.41, 5.74) is 7.98. The average Bonchev–Trinajstić information content (AvgIpc) is 2.45. The van der Waals surface area contributed by atoms with Crippen molar-refractivity contribution in [3.8, 4) is 0 Å². The van der Waals surface area contributed by atoms with Gasteiger partial charge in [0.05, 0.1) is 18.3 Å². The molecule has 20 heavy (non-hydrogen) atoms. The molecule has 2 rings (SSSR count). The number of benzene rings is 2. The van der Waals surface area contributed by atoms with Gasteiger partial charge in [-0.05, 0) is 11.1 Å². The van der Waals surface area contributed by atoms with Gasteiger partial charge in [0, 0.05) is 0 Å². The fourth-order valence-corrected chi connectivity index (χ4v) is 2.85. The number of nitrogens with one attached hydrogen (secondary N) is 1. The number of hydrogen-bond donors (Lipinski definition) is 2. The Morgan fingerprint density at radius 2 is 1.35 bits per heavy atom. The largest absolute Gasteiger partial charge is 0.322 e. The second-order valence-corrected chi connectivity index (χ2v) is 6.49. The van der Waals surface area contributed by atoms with Gasteiger partial charge in [-0.2, -0.15) is 0 Å². The maximum atomic E-state index is 11.6. The molecule has 0 saturated carbocycles. The molecule has 0 bridgehead atoms. The van der Waals surface area contributed by atoms with Crippen LogP contribution >= 0.6 is 0 Å². The van der Waals surface area contributed by atoms with Crippen LogP contribution in [0.1, 0.15) is 23.2 Å². The van der Waals surface area contributed by atoms with Gasteiger partial charge in [0.25, 0.3) is 0 Å². The van der Waals surface area contributed by atoms with Crippen LogP contribution in [0.4, 0.5) is 0 Å². The second kappa shape index (κ2) is 6.17. The van der Waals surface area contributed by atoms with Crippen molar-refractivity contribution in [1.29, 1.82) is 0 Å². The van der Waals surface area contributed by atoms with E-state index in [9.17, 15) is 8.42 Å². The van der Waals surface area contributed by atoms with E-state index in [0.717, 1.165) is 17.4 Å². The van der Waals surface area contributed by atoms with Gasteiger partial charge in [-0.1, -0.05) is 60.7 Å². The molecule has 0 saturated heterocycles. The normalized spacial score (nSPS) is 14.7. The molecule has 2 atom stereocenters. The molecule has 0 spiro atoms. The smallest absolute Gasteiger partial charge is 0.209 e. The molecule has 2 aromatic carbocycles. The van der Waals surface area contributed by atoms with E-state index in [1.54, 1.807) is 0 Å². The topological polar surface area (TPSA) is 72.2 Å². The first kappa shape index (κ1) is 14.7. The molecule has 4 nitrogen and oxygen atoms in total. The average molecular weight is 290 g/mol. The van der Waals surface area contributed by atoms with Crippen LogP contribution in [0.2, 0.25) is 0 Å². The van der Waals surface area contributed by atoms with E-state index in [4.69, 9.17) is 5.73 Å². The third kappa shape index (κ3) is 3.90. The maximum absolute atomic E-state index is 11.6. The predicted molar refractivity (Wildman–Crippen MR) is 80.5 cm³/mol. The lowest BCUT2D eigenvalue weighted by Gasteiger charge is -2.25. The lowest BCUT2D eigenvalue weighted by Crippen LogP contribution is -2.35. The Labute approximate surface area is 119 Å². The Bertz CT molecular complexity index is 642. The minimum absolute atomic E-state index is 0.451. The van der Waals surface area contributed by atoms with Gasteiger partial charge in [0.1, 0.15) is 0 Å². The van der Waals surface area contributed by atoms with E-state index in [1.807, 2.05) is 60.7 Å². The van der Waals surface area contributed by atoms with Crippen molar-refractivity contribution in [3.63, 3.8) is 0 Å². The Balaban J connectivity index is 2.37. The molecule has 0 aliphatic heterocycles. The summed E-state index contributed by atoms with van der Waals surface area (Å²) in [5.74, 6) is 0. The highest BCUT2D eigenvalue weighted by Crippen LogP contribution is 2.27. The highest BCUT2D eigenvalue weighted by Gasteiger charge is 2.24. The third-order valence-electron chi connectivity index (χ3n) is 3.04. The van der Waals surface area contributed by atoms with Crippen molar-refractivity contribution in [2.24, 2.45) is 5.73 Å². The molecule has 0 radical (unpaired) electrons. The van der Waals surface area contributed by atoms with Gasteiger partial charge in [0.15, 0.2) is 0 Å². The van der Waals surface area contributed by atoms with E-state index in [-0.39, 0.29) is 0 Å². The molecule has 0 fully saturated rings. The first-order valence-electron chi connectivity index (χ1n) is 6.30. The highest BCUT2D eigenvalue weighted by atomic mass is 32.2. The summed E-state index contributed by atoms with van der Waals surface area (Å²) >= 11 is 0. The van der Waals surface area contributed by atoms with Gasteiger partial charge in [-0.3, -0.25) is 0 Å². The summed E-state index contributed by atoms with van der Waals surface area (Å²) in [7, 11) is -3.35. The molecule has 0 aliphatic rings. The van der Waals surface area contributed by atoms with E-state index in [0.29, 0.717) is 0 Å². The molecule has 3 N–H and O–H groups in total. The van der Waals surface area contributed by atoms with Gasteiger partial charge in [-0.25, -0.2) is 13.1 Å². The zero-order valence-electron chi connectivity index (χ0n) is 11.2. The maximum Gasteiger partial charge on any atom is 0.209 e. The summed E-state index contributed by atoms with van der Waals surface area (Å²) in [4.78, 5) is 0. The van der Waals surface area contributed by atoms with Gasteiger partial charge in [0.2, 0.25) is 10.0 Å². The first-order valence-corrected chi connectivity index (χ1v) is 8.19. The molecule has 106 valence electrons. The van der Waals surface area contributed by atoms with Gasteiger partial charge >= 0.3 is 0 Å². The molecule has 0 heterocycles. The van der Waals surface area contributed by atoms with Crippen LogP contribution in [0.25, 0.3) is 0 Å². The van der Waals surface area contributed by atoms with Crippen LogP contribution in [-0.4, -0.2) is 14.7 Å². The third-order valence-corrected chi connectivity index (χ3v) is 3.73. The van der Waals surface area contributed by atoms with E-state index in [1.165, 1.54) is 0 Å². The second-order valence-electron chi connectivity index (χ2n) is 4.71. The van der Waals surface area contributed by atoms with Gasteiger partial charge in [-0.15, -0.1) is 0 Å². The highest BCUT2D eigenvalue weighted by molar-refractivity contribution is 7.88. The minimum Gasteiger partial charge on any atom is -0.322 e. The standard InChI is InChI=1S/C15H18N2O2S/c1-20(18,19)17-15(13-10-6-3-7-11-13)14(16)12-8-4-2-5-9-12/h2-11,14-15,17H,16H2,1H3/t14?,15-/m0/s1. The van der Waals surface area contributed by atoms with Crippen LogP contribution in [0.3, 0.4) is 0 Å². The molecular weight excluding hydrogens is 272 g/mol. The SMILES string of the molecule is CS(=O)(=O)N[C@@H](c1ccccc1)C(N)c1ccccc1. The van der Waals surface area contributed by atoms with E-state index in [2.05, 4.69) is 4.72 Å². The first-order chi connectivity index (χ1) is 9.47. The molecule has 0 aliphatic carbocycles. The quantitative estimate of drug-likeness (QED) is 0.884. The van der Waals surface area contributed by atoms with Crippen molar-refractivity contribution in [1.82, 2.24) is 4.72 Å². The summed E-state index contributed by atoms with van der Waals surface area (Å²) in [6.45, 7) is 0. The van der Waals surface area contributed by atoms with E-state index < -0.39 is 22.1 Å². The Morgan fingerprint density at radius 3 is 1.80 bits per heavy atom. The van der Waals surface area contributed by atoms with Crippen LogP contribution in [-0.2, 0) is 10.0 Å². The zero-order valence-corrected chi connectivity index (χ0v) is 12.0. The van der Waals surface area contributed by atoms with Gasteiger partial charge < -0.3 is 5.73 Å². The summed E-state index contributed by atoms with van der Waals surface area (Å²) in [6, 6.07) is 17.9. The number of hydrogen-bond acceptors (Lipinski definition) is 3. The monoisotopic (exact) mass is 290 g/mol. The zero-order chi connectivity index (χ0) is 14.6. The Morgan fingerprint density at radius 1 is 0.900 bits per heavy atom. The van der Waals surface area contributed by atoms with Crippen molar-refractivity contribution in [3.05, 3.63) is 71.8 Å². The Hall–Kier alpha value is -1.69. The number of rotatable bonds is 5. The summed E-state index contributed by atoms with van der Waals surface area (Å²) in [6.07, 6.45) is 1.14. The van der Waals surface area contributed by atoms with Crippen LogP contribution in [0, 0.1) is 0 Å². The molecular formula is C15H18N2O2S. The molecule has 1 unspecified atom stereocenters. The molecule has 2 aromatic rings. The van der Waals surface area contributed by atoms with Crippen molar-refractivity contribution < 1.29 is 8.42 Å². The fourth-order valence-electron chi connectivity index (χ4n) is 2.11. The van der Waals surface area contributed by atoms with Crippen LogP contribution < -0.4 is 10.5 Å². The number of nitrogens with two attached hydrogens (primary N) is 1. The van der Waals surface area contributed by atoms with Crippen LogP contribution in [0.15, 0.2) is 60.7 Å². The van der Waals surface area contributed by atoms with Crippen molar-refractivity contribution in [2.75, 3.05) is 6.26 Å². The number of sulfonamides is 1. The molecule has 0 aromatic heterocycles. The van der Waals surface area contributed by atoms with E-state index >= 15 is 0 Å². The van der Waals surface area contributed by atoms with Crippen molar-refractivity contribution >= 4 is 10.0 Å². The predicted octanol–water partition coefficient (Wildman–Crippen LogP) is 1.98. The summed E-state index contributed by atoms with van der Waals surface area (Å²) < 4.78 is 25.8. The van der Waals surface area contributed by atoms with Crippen molar-refractivity contribution in [2.45, 2.75) is 12.1 Å². The fraction of sp³-hybridized carbons (Fsp3) is 0.200. The lowest BCUT2D eigenvalue weighted by atomic mass is 9.95.